The first kappa shape index (κ1) is 11.4. The number of carboxylic acid groups (broad SMARTS) is 1. The van der Waals surface area contributed by atoms with Gasteiger partial charge in [-0.2, -0.15) is 0 Å². The summed E-state index contributed by atoms with van der Waals surface area (Å²) in [6, 6.07) is 6.41. The fourth-order valence-corrected chi connectivity index (χ4v) is 3.26. The number of anilines is 1. The standard InChI is InChI=1S/C14H18N2O2/c1-2-15-8-11-9-16(14(17)18)7-6-10-4-3-5-12(15)13(10)11/h3-5,11H,2,6-9H2,1H3,(H,17,18)/t11-/m1/s1. The molecule has 0 unspecified atom stereocenters. The molecule has 1 atom stereocenters. The van der Waals surface area contributed by atoms with Crippen molar-refractivity contribution in [1.82, 2.24) is 4.90 Å². The molecule has 0 saturated carbocycles. The molecular formula is C14H18N2O2. The summed E-state index contributed by atoms with van der Waals surface area (Å²) < 4.78 is 0. The molecule has 0 radical (unpaired) electrons. The molecule has 0 saturated heterocycles. The third-order valence-electron chi connectivity index (χ3n) is 4.11. The molecule has 0 spiro atoms. The van der Waals surface area contributed by atoms with Crippen LogP contribution in [-0.2, 0) is 6.42 Å². The number of nitrogens with zero attached hydrogens (tertiary/aromatic N) is 2. The van der Waals surface area contributed by atoms with Crippen molar-refractivity contribution in [3.05, 3.63) is 29.3 Å². The van der Waals surface area contributed by atoms with E-state index in [1.54, 1.807) is 4.90 Å². The van der Waals surface area contributed by atoms with Crippen LogP contribution in [0.25, 0.3) is 0 Å². The Morgan fingerprint density at radius 2 is 2.28 bits per heavy atom. The third-order valence-corrected chi connectivity index (χ3v) is 4.11. The Labute approximate surface area is 107 Å². The first-order chi connectivity index (χ1) is 8.70. The Hall–Kier alpha value is -1.71. The molecule has 2 heterocycles. The van der Waals surface area contributed by atoms with Crippen LogP contribution >= 0.6 is 0 Å². The number of hydrogen-bond acceptors (Lipinski definition) is 2. The summed E-state index contributed by atoms with van der Waals surface area (Å²) in [5.74, 6) is 0.342. The largest absolute Gasteiger partial charge is 0.465 e. The summed E-state index contributed by atoms with van der Waals surface area (Å²) in [5, 5.41) is 9.21. The van der Waals surface area contributed by atoms with Crippen LogP contribution in [0.3, 0.4) is 0 Å². The molecule has 4 nitrogen and oxygen atoms in total. The smallest absolute Gasteiger partial charge is 0.407 e. The van der Waals surface area contributed by atoms with Crippen LogP contribution in [0.4, 0.5) is 10.5 Å². The molecule has 1 aromatic rings. The van der Waals surface area contributed by atoms with Crippen molar-refractivity contribution >= 4 is 11.8 Å². The van der Waals surface area contributed by atoms with E-state index in [1.165, 1.54) is 16.8 Å². The van der Waals surface area contributed by atoms with Crippen LogP contribution in [0.1, 0.15) is 24.0 Å². The first-order valence-electron chi connectivity index (χ1n) is 6.55. The number of rotatable bonds is 1. The van der Waals surface area contributed by atoms with Crippen LogP contribution in [0, 0.1) is 0 Å². The Kier molecular flexibility index (Phi) is 2.65. The molecule has 1 aromatic carbocycles. The lowest BCUT2D eigenvalue weighted by Crippen LogP contribution is -2.35. The van der Waals surface area contributed by atoms with E-state index in [1.807, 2.05) is 0 Å². The van der Waals surface area contributed by atoms with E-state index in [0.717, 1.165) is 19.5 Å². The zero-order valence-electron chi connectivity index (χ0n) is 10.6. The van der Waals surface area contributed by atoms with Crippen molar-refractivity contribution in [1.29, 1.82) is 0 Å². The maximum absolute atomic E-state index is 11.2. The van der Waals surface area contributed by atoms with Gasteiger partial charge in [-0.1, -0.05) is 12.1 Å². The van der Waals surface area contributed by atoms with E-state index < -0.39 is 6.09 Å². The first-order valence-corrected chi connectivity index (χ1v) is 6.55. The summed E-state index contributed by atoms with van der Waals surface area (Å²) in [6.45, 7) is 5.34. The van der Waals surface area contributed by atoms with E-state index in [-0.39, 0.29) is 0 Å². The number of benzene rings is 1. The molecule has 1 N–H and O–H groups in total. The van der Waals surface area contributed by atoms with Crippen molar-refractivity contribution in [3.63, 3.8) is 0 Å². The maximum Gasteiger partial charge on any atom is 0.407 e. The van der Waals surface area contributed by atoms with Crippen LogP contribution in [0.2, 0.25) is 0 Å². The molecule has 0 bridgehead atoms. The SMILES string of the molecule is CCN1C[C@@H]2CN(C(=O)O)CCc3cccc1c32. The Balaban J connectivity index is 2.01. The van der Waals surface area contributed by atoms with Gasteiger partial charge in [0.25, 0.3) is 0 Å². The van der Waals surface area contributed by atoms with Crippen molar-refractivity contribution in [2.24, 2.45) is 0 Å². The van der Waals surface area contributed by atoms with Crippen LogP contribution < -0.4 is 4.90 Å². The minimum Gasteiger partial charge on any atom is -0.465 e. The third kappa shape index (κ3) is 1.64. The van der Waals surface area contributed by atoms with Gasteiger partial charge < -0.3 is 14.9 Å². The van der Waals surface area contributed by atoms with Gasteiger partial charge in [0, 0.05) is 37.8 Å². The van der Waals surface area contributed by atoms with E-state index in [2.05, 4.69) is 30.0 Å². The Morgan fingerprint density at radius 3 is 3.00 bits per heavy atom. The molecule has 0 aromatic heterocycles. The van der Waals surface area contributed by atoms with Crippen molar-refractivity contribution in [2.45, 2.75) is 19.3 Å². The molecule has 96 valence electrons. The minimum atomic E-state index is -0.792. The molecule has 2 aliphatic rings. The monoisotopic (exact) mass is 246 g/mol. The van der Waals surface area contributed by atoms with E-state index in [0.29, 0.717) is 19.0 Å². The highest BCUT2D eigenvalue weighted by molar-refractivity contribution is 5.68. The normalized spacial score (nSPS) is 21.7. The summed E-state index contributed by atoms with van der Waals surface area (Å²) in [5.41, 5.74) is 4.03. The molecular weight excluding hydrogens is 228 g/mol. The predicted molar refractivity (Wildman–Crippen MR) is 70.4 cm³/mol. The zero-order chi connectivity index (χ0) is 12.7. The van der Waals surface area contributed by atoms with E-state index in [4.69, 9.17) is 0 Å². The summed E-state index contributed by atoms with van der Waals surface area (Å²) in [6.07, 6.45) is 0.0445. The number of hydrogen-bond donors (Lipinski definition) is 1. The van der Waals surface area contributed by atoms with E-state index in [9.17, 15) is 9.90 Å². The number of carbonyl (C=O) groups is 1. The number of likely N-dealkylation sites (N-methyl/N-ethyl adjacent to an activating group) is 1. The van der Waals surface area contributed by atoms with Crippen LogP contribution in [-0.4, -0.2) is 42.3 Å². The molecule has 4 heteroatoms. The minimum absolute atomic E-state index is 0.342. The second kappa shape index (κ2) is 4.19. The average Bonchev–Trinajstić information content (AvgIpc) is 2.60. The second-order valence-electron chi connectivity index (χ2n) is 5.06. The van der Waals surface area contributed by atoms with Gasteiger partial charge in [-0.3, -0.25) is 0 Å². The van der Waals surface area contributed by atoms with Gasteiger partial charge in [0.2, 0.25) is 0 Å². The summed E-state index contributed by atoms with van der Waals surface area (Å²) in [4.78, 5) is 15.1. The van der Waals surface area contributed by atoms with Gasteiger partial charge in [0.1, 0.15) is 0 Å². The van der Waals surface area contributed by atoms with Gasteiger partial charge in [0.05, 0.1) is 0 Å². The molecule has 0 fully saturated rings. The van der Waals surface area contributed by atoms with Crippen LogP contribution in [0.5, 0.6) is 0 Å². The lowest BCUT2D eigenvalue weighted by Gasteiger charge is -2.22. The summed E-state index contributed by atoms with van der Waals surface area (Å²) in [7, 11) is 0. The highest BCUT2D eigenvalue weighted by atomic mass is 16.4. The Bertz CT molecular complexity index is 487. The quantitative estimate of drug-likeness (QED) is 0.825. The zero-order valence-corrected chi connectivity index (χ0v) is 10.6. The Morgan fingerprint density at radius 1 is 1.44 bits per heavy atom. The molecule has 2 aliphatic heterocycles. The molecule has 18 heavy (non-hydrogen) atoms. The van der Waals surface area contributed by atoms with Crippen molar-refractivity contribution in [3.8, 4) is 0 Å². The van der Waals surface area contributed by atoms with E-state index >= 15 is 0 Å². The average molecular weight is 246 g/mol. The molecule has 3 rings (SSSR count). The van der Waals surface area contributed by atoms with Gasteiger partial charge in [0.15, 0.2) is 0 Å². The molecule has 0 aliphatic carbocycles. The fourth-order valence-electron chi connectivity index (χ4n) is 3.26. The molecule has 1 amide bonds. The highest BCUT2D eigenvalue weighted by Gasteiger charge is 2.34. The fraction of sp³-hybridized carbons (Fsp3) is 0.500. The van der Waals surface area contributed by atoms with Gasteiger partial charge in [-0.25, -0.2) is 4.79 Å². The lowest BCUT2D eigenvalue weighted by molar-refractivity contribution is 0.144. The lowest BCUT2D eigenvalue weighted by atomic mass is 9.96. The highest BCUT2D eigenvalue weighted by Crippen LogP contribution is 2.40. The number of amides is 1. The van der Waals surface area contributed by atoms with Gasteiger partial charge in [-0.15, -0.1) is 0 Å². The second-order valence-corrected chi connectivity index (χ2v) is 5.06. The van der Waals surface area contributed by atoms with Crippen LogP contribution in [0.15, 0.2) is 18.2 Å². The summed E-state index contributed by atoms with van der Waals surface area (Å²) >= 11 is 0. The van der Waals surface area contributed by atoms with Gasteiger partial charge in [-0.05, 0) is 30.5 Å². The van der Waals surface area contributed by atoms with Crippen molar-refractivity contribution in [2.75, 3.05) is 31.1 Å². The predicted octanol–water partition coefficient (Wildman–Crippen LogP) is 2.15. The van der Waals surface area contributed by atoms with Crippen molar-refractivity contribution < 1.29 is 9.90 Å². The topological polar surface area (TPSA) is 43.8 Å². The maximum atomic E-state index is 11.2. The van der Waals surface area contributed by atoms with Gasteiger partial charge >= 0.3 is 6.09 Å².